The predicted molar refractivity (Wildman–Crippen MR) is 91.6 cm³/mol. The van der Waals surface area contributed by atoms with Gasteiger partial charge >= 0.3 is 0 Å². The van der Waals surface area contributed by atoms with E-state index >= 15 is 0 Å². The molecule has 4 heteroatoms. The Morgan fingerprint density at radius 1 is 1.10 bits per heavy atom. The number of hydrogen-bond acceptors (Lipinski definition) is 2. The molecule has 0 saturated heterocycles. The molecule has 2 aromatic rings. The minimum Gasteiger partial charge on any atom is -0.507 e. The minimum absolute atomic E-state index is 0. The number of phenols is 1. The Balaban J connectivity index is 0.00000161. The van der Waals surface area contributed by atoms with Gasteiger partial charge in [0.05, 0.1) is 0 Å². The fraction of sp³-hybridized carbons (Fsp3) is 0.412. The van der Waals surface area contributed by atoms with E-state index in [1.165, 1.54) is 32.1 Å². The Morgan fingerprint density at radius 2 is 1.76 bits per heavy atom. The van der Waals surface area contributed by atoms with Gasteiger partial charge in [-0.15, -0.1) is 12.4 Å². The molecule has 0 radical (unpaired) electrons. The lowest BCUT2D eigenvalue weighted by Gasteiger charge is -2.23. The summed E-state index contributed by atoms with van der Waals surface area (Å²) in [6, 6.07) is 10.2. The molecule has 0 aromatic heterocycles. The van der Waals surface area contributed by atoms with Crippen LogP contribution in [0.1, 0.15) is 37.7 Å². The van der Waals surface area contributed by atoms with Crippen molar-refractivity contribution in [2.75, 3.05) is 0 Å². The van der Waals surface area contributed by atoms with Crippen LogP contribution in [-0.2, 0) is 6.54 Å². The third-order valence-electron chi connectivity index (χ3n) is 4.23. The number of nitrogens with one attached hydrogen (secondary N) is 1. The molecule has 2 N–H and O–H groups in total. The first-order valence-corrected chi connectivity index (χ1v) is 7.76. The summed E-state index contributed by atoms with van der Waals surface area (Å²) in [7, 11) is 0. The molecule has 0 spiro atoms. The lowest BCUT2D eigenvalue weighted by Crippen LogP contribution is -2.30. The number of hydrogen-bond donors (Lipinski definition) is 2. The molecular formula is C17H21Cl2NO. The molecule has 1 saturated carbocycles. The molecule has 0 aliphatic heterocycles. The number of fused-ring (bicyclic) bond motifs is 1. The summed E-state index contributed by atoms with van der Waals surface area (Å²) in [5, 5.41) is 16.4. The topological polar surface area (TPSA) is 32.3 Å². The molecule has 3 rings (SSSR count). The number of halogens is 2. The summed E-state index contributed by atoms with van der Waals surface area (Å²) in [4.78, 5) is 0. The van der Waals surface area contributed by atoms with Crippen LogP contribution >= 0.6 is 24.0 Å². The minimum atomic E-state index is 0. The second kappa shape index (κ2) is 7.35. The lowest BCUT2D eigenvalue weighted by atomic mass is 9.95. The molecule has 2 nitrogen and oxygen atoms in total. The monoisotopic (exact) mass is 325 g/mol. The number of aromatic hydroxyl groups is 1. The normalized spacial score (nSPS) is 15.9. The van der Waals surface area contributed by atoms with E-state index in [0.29, 0.717) is 23.4 Å². The van der Waals surface area contributed by atoms with Gasteiger partial charge in [0, 0.05) is 33.9 Å². The maximum atomic E-state index is 10.4. The van der Waals surface area contributed by atoms with Crippen molar-refractivity contribution in [3.8, 4) is 5.75 Å². The molecule has 0 unspecified atom stereocenters. The molecule has 1 aliphatic rings. The Morgan fingerprint density at radius 3 is 2.48 bits per heavy atom. The smallest absolute Gasteiger partial charge is 0.127 e. The van der Waals surface area contributed by atoms with Crippen LogP contribution in [0.25, 0.3) is 10.8 Å². The second-order valence-corrected chi connectivity index (χ2v) is 6.03. The third kappa shape index (κ3) is 3.63. The zero-order chi connectivity index (χ0) is 13.9. The molecule has 1 aliphatic carbocycles. The van der Waals surface area contributed by atoms with Gasteiger partial charge in [-0.3, -0.25) is 0 Å². The van der Waals surface area contributed by atoms with Crippen LogP contribution in [-0.4, -0.2) is 11.1 Å². The van der Waals surface area contributed by atoms with Gasteiger partial charge in [-0.25, -0.2) is 0 Å². The molecule has 21 heavy (non-hydrogen) atoms. The quantitative estimate of drug-likeness (QED) is 0.828. The van der Waals surface area contributed by atoms with Gasteiger partial charge < -0.3 is 10.4 Å². The Labute approximate surface area is 136 Å². The van der Waals surface area contributed by atoms with E-state index in [4.69, 9.17) is 11.6 Å². The van der Waals surface area contributed by atoms with Crippen LogP contribution in [0.4, 0.5) is 0 Å². The summed E-state index contributed by atoms with van der Waals surface area (Å²) >= 11 is 6.32. The van der Waals surface area contributed by atoms with Crippen molar-refractivity contribution in [3.63, 3.8) is 0 Å². The predicted octanol–water partition coefficient (Wildman–Crippen LogP) is 5.04. The van der Waals surface area contributed by atoms with Gasteiger partial charge in [-0.2, -0.15) is 0 Å². The highest BCUT2D eigenvalue weighted by Crippen LogP contribution is 2.34. The van der Waals surface area contributed by atoms with Crippen LogP contribution in [0.2, 0.25) is 5.02 Å². The average molecular weight is 326 g/mol. The number of benzene rings is 2. The molecule has 2 aromatic carbocycles. The standard InChI is InChI=1S/C17H20ClNO.ClH/c18-16-10-12(11-19-13-6-2-1-3-7-13)17(20)15-9-5-4-8-14(15)16;/h4-5,8-10,13,19-20H,1-3,6-7,11H2;1H. The van der Waals surface area contributed by atoms with Gasteiger partial charge in [0.15, 0.2) is 0 Å². The Hall–Kier alpha value is -0.960. The van der Waals surface area contributed by atoms with Crippen LogP contribution in [0.15, 0.2) is 30.3 Å². The fourth-order valence-electron chi connectivity index (χ4n) is 3.07. The molecular weight excluding hydrogens is 305 g/mol. The first-order valence-electron chi connectivity index (χ1n) is 7.38. The number of rotatable bonds is 3. The molecule has 0 bridgehead atoms. The zero-order valence-electron chi connectivity index (χ0n) is 11.9. The largest absolute Gasteiger partial charge is 0.507 e. The number of phenolic OH excluding ortho intramolecular Hbond substituents is 1. The van der Waals surface area contributed by atoms with Crippen molar-refractivity contribution in [2.24, 2.45) is 0 Å². The highest BCUT2D eigenvalue weighted by molar-refractivity contribution is 6.35. The Kier molecular flexibility index (Phi) is 5.74. The van der Waals surface area contributed by atoms with Crippen molar-refractivity contribution >= 4 is 34.8 Å². The van der Waals surface area contributed by atoms with Crippen molar-refractivity contribution in [1.82, 2.24) is 5.32 Å². The second-order valence-electron chi connectivity index (χ2n) is 5.63. The average Bonchev–Trinajstić information content (AvgIpc) is 2.50. The third-order valence-corrected chi connectivity index (χ3v) is 4.54. The summed E-state index contributed by atoms with van der Waals surface area (Å²) in [6.07, 6.45) is 6.44. The molecule has 0 amide bonds. The first kappa shape index (κ1) is 16.4. The highest BCUT2D eigenvalue weighted by Gasteiger charge is 2.15. The molecule has 114 valence electrons. The fourth-order valence-corrected chi connectivity index (χ4v) is 3.36. The van der Waals surface area contributed by atoms with E-state index in [-0.39, 0.29) is 12.4 Å². The van der Waals surface area contributed by atoms with E-state index < -0.39 is 0 Å². The van der Waals surface area contributed by atoms with Crippen molar-refractivity contribution in [2.45, 2.75) is 44.7 Å². The van der Waals surface area contributed by atoms with Crippen LogP contribution < -0.4 is 5.32 Å². The first-order chi connectivity index (χ1) is 9.75. The van der Waals surface area contributed by atoms with E-state index in [1.807, 2.05) is 30.3 Å². The maximum absolute atomic E-state index is 10.4. The van der Waals surface area contributed by atoms with Gasteiger partial charge in [-0.1, -0.05) is 55.1 Å². The van der Waals surface area contributed by atoms with Crippen molar-refractivity contribution in [1.29, 1.82) is 0 Å². The van der Waals surface area contributed by atoms with Crippen LogP contribution in [0, 0.1) is 0 Å². The molecule has 0 atom stereocenters. The molecule has 1 fully saturated rings. The zero-order valence-corrected chi connectivity index (χ0v) is 13.5. The summed E-state index contributed by atoms with van der Waals surface area (Å²) < 4.78 is 0. The summed E-state index contributed by atoms with van der Waals surface area (Å²) in [5.41, 5.74) is 0.888. The van der Waals surface area contributed by atoms with E-state index in [0.717, 1.165) is 16.3 Å². The van der Waals surface area contributed by atoms with Gasteiger partial charge in [-0.05, 0) is 18.9 Å². The van der Waals surface area contributed by atoms with Gasteiger partial charge in [0.2, 0.25) is 0 Å². The Bertz CT molecular complexity index is 609. The van der Waals surface area contributed by atoms with Gasteiger partial charge in [0.25, 0.3) is 0 Å². The van der Waals surface area contributed by atoms with Crippen molar-refractivity contribution in [3.05, 3.63) is 40.9 Å². The van der Waals surface area contributed by atoms with Crippen LogP contribution in [0.3, 0.4) is 0 Å². The van der Waals surface area contributed by atoms with E-state index in [2.05, 4.69) is 5.32 Å². The maximum Gasteiger partial charge on any atom is 0.127 e. The summed E-state index contributed by atoms with van der Waals surface area (Å²) in [6.45, 7) is 0.682. The van der Waals surface area contributed by atoms with Crippen molar-refractivity contribution < 1.29 is 5.11 Å². The van der Waals surface area contributed by atoms with Gasteiger partial charge in [0.1, 0.15) is 5.75 Å². The summed E-state index contributed by atoms with van der Waals surface area (Å²) in [5.74, 6) is 0.355. The SMILES string of the molecule is Cl.Oc1c(CNC2CCCCC2)cc(Cl)c2ccccc12. The van der Waals surface area contributed by atoms with E-state index in [1.54, 1.807) is 0 Å². The highest BCUT2D eigenvalue weighted by atomic mass is 35.5. The molecule has 0 heterocycles. The van der Waals surface area contributed by atoms with E-state index in [9.17, 15) is 5.11 Å². The lowest BCUT2D eigenvalue weighted by molar-refractivity contribution is 0.369. The van der Waals surface area contributed by atoms with Crippen LogP contribution in [0.5, 0.6) is 5.75 Å².